The molecule has 4 heterocycles. The molecule has 5 rings (SSSR count). The van der Waals surface area contributed by atoms with Gasteiger partial charge >= 0.3 is 12.1 Å². The number of rotatable bonds is 7. The van der Waals surface area contributed by atoms with E-state index in [4.69, 9.17) is 26.0 Å². The van der Waals surface area contributed by atoms with Gasteiger partial charge in [0.05, 0.1) is 5.69 Å². The third-order valence-electron chi connectivity index (χ3n) is 7.72. The molecule has 0 bridgehead atoms. The maximum absolute atomic E-state index is 13.0. The summed E-state index contributed by atoms with van der Waals surface area (Å²) in [6.45, 7) is 12.8. The van der Waals surface area contributed by atoms with E-state index in [-0.39, 0.29) is 25.3 Å². The molecule has 0 unspecified atom stereocenters. The smallest absolute Gasteiger partial charge is 0.410 e. The minimum Gasteiger partial charge on any atom is -0.462 e. The highest BCUT2D eigenvalue weighted by Crippen LogP contribution is 2.29. The molecule has 10 nitrogen and oxygen atoms in total. The number of likely N-dealkylation sites (N-methyl/N-ethyl adjacent to an activating group) is 1. The average Bonchev–Trinajstić information content (AvgIpc) is 3.20. The van der Waals surface area contributed by atoms with E-state index < -0.39 is 0 Å². The van der Waals surface area contributed by atoms with Crippen molar-refractivity contribution in [2.24, 2.45) is 0 Å². The molecule has 3 aliphatic rings. The maximum Gasteiger partial charge on any atom is 0.410 e. The van der Waals surface area contributed by atoms with Gasteiger partial charge in [-0.3, -0.25) is 4.90 Å². The maximum atomic E-state index is 13.0. The summed E-state index contributed by atoms with van der Waals surface area (Å²) < 4.78 is 11.8. The Morgan fingerprint density at radius 3 is 2.82 bits per heavy atom. The fraction of sp³-hybridized carbons (Fsp3) is 0.571. The second-order valence-electron chi connectivity index (χ2n) is 10.3. The van der Waals surface area contributed by atoms with Gasteiger partial charge in [0, 0.05) is 37.8 Å². The molecule has 2 aromatic rings. The molecule has 10 heteroatoms. The zero-order chi connectivity index (χ0) is 26.3. The number of amides is 1. The van der Waals surface area contributed by atoms with Crippen LogP contribution in [0, 0.1) is 6.57 Å². The summed E-state index contributed by atoms with van der Waals surface area (Å²) in [6.07, 6.45) is 3.82. The number of nitrogens with zero attached hydrogens (tertiary/aromatic N) is 6. The van der Waals surface area contributed by atoms with Gasteiger partial charge in [0.2, 0.25) is 6.54 Å². The molecule has 2 fully saturated rings. The highest BCUT2D eigenvalue weighted by molar-refractivity contribution is 5.69. The van der Waals surface area contributed by atoms with E-state index in [2.05, 4.69) is 27.0 Å². The van der Waals surface area contributed by atoms with Crippen molar-refractivity contribution >= 4 is 11.9 Å². The molecule has 1 aromatic carbocycles. The number of nitrogens with one attached hydrogen (secondary N) is 1. The number of carbonyl (C=O) groups is 1. The number of fused-ring (bicyclic) bond motifs is 1. The fourth-order valence-corrected chi connectivity index (χ4v) is 5.53. The minimum absolute atomic E-state index is 0.211. The van der Waals surface area contributed by atoms with Crippen LogP contribution in [0.3, 0.4) is 0 Å². The van der Waals surface area contributed by atoms with E-state index in [9.17, 15) is 4.79 Å². The van der Waals surface area contributed by atoms with Gasteiger partial charge in [-0.15, -0.1) is 0 Å². The monoisotopic (exact) mass is 519 g/mol. The lowest BCUT2D eigenvalue weighted by atomic mass is 10.1. The Balaban J connectivity index is 1.32. The van der Waals surface area contributed by atoms with E-state index in [0.29, 0.717) is 44.8 Å². The summed E-state index contributed by atoms with van der Waals surface area (Å²) in [5.41, 5.74) is 3.06. The van der Waals surface area contributed by atoms with E-state index in [1.165, 1.54) is 6.42 Å². The molecular weight excluding hydrogens is 482 g/mol. The normalized spacial score (nSPS) is 21.9. The summed E-state index contributed by atoms with van der Waals surface area (Å²) >= 11 is 0. The van der Waals surface area contributed by atoms with Crippen molar-refractivity contribution in [1.29, 1.82) is 0 Å². The minimum atomic E-state index is -0.377. The first-order chi connectivity index (χ1) is 18.6. The van der Waals surface area contributed by atoms with Crippen LogP contribution < -0.4 is 15.0 Å². The third-order valence-corrected chi connectivity index (χ3v) is 7.72. The molecule has 2 atom stereocenters. The lowest BCUT2D eigenvalue weighted by Gasteiger charge is -2.39. The van der Waals surface area contributed by atoms with Gasteiger partial charge in [-0.1, -0.05) is 30.3 Å². The van der Waals surface area contributed by atoms with Gasteiger partial charge in [-0.2, -0.15) is 9.97 Å². The van der Waals surface area contributed by atoms with E-state index >= 15 is 0 Å². The predicted molar refractivity (Wildman–Crippen MR) is 144 cm³/mol. The van der Waals surface area contributed by atoms with Crippen LogP contribution in [0.25, 0.3) is 4.85 Å². The Bertz CT molecular complexity index is 1140. The van der Waals surface area contributed by atoms with Crippen molar-refractivity contribution in [3.05, 3.63) is 58.6 Å². The van der Waals surface area contributed by atoms with Gasteiger partial charge in [0.25, 0.3) is 0 Å². The summed E-state index contributed by atoms with van der Waals surface area (Å²) in [6, 6.07) is 10.2. The van der Waals surface area contributed by atoms with Crippen molar-refractivity contribution in [2.75, 3.05) is 57.8 Å². The third kappa shape index (κ3) is 6.17. The van der Waals surface area contributed by atoms with Crippen molar-refractivity contribution in [1.82, 2.24) is 25.1 Å². The Labute approximate surface area is 224 Å². The van der Waals surface area contributed by atoms with Crippen LogP contribution in [-0.4, -0.2) is 90.9 Å². The molecule has 1 N–H and O–H groups in total. The zero-order valence-corrected chi connectivity index (χ0v) is 22.1. The summed E-state index contributed by atoms with van der Waals surface area (Å²) in [5, 5.41) is 3.46. The highest BCUT2D eigenvalue weighted by Gasteiger charge is 2.35. The summed E-state index contributed by atoms with van der Waals surface area (Å²) in [7, 11) is 2.14. The van der Waals surface area contributed by atoms with Crippen LogP contribution in [0.15, 0.2) is 30.3 Å². The molecular formula is C28H37N7O3. The topological polar surface area (TPSA) is 87.4 Å². The van der Waals surface area contributed by atoms with Crippen LogP contribution in [0.1, 0.15) is 36.1 Å². The number of aromatic nitrogens is 2. The second kappa shape index (κ2) is 12.4. The van der Waals surface area contributed by atoms with Crippen molar-refractivity contribution in [2.45, 2.75) is 50.9 Å². The number of hydrogen-bond acceptors (Lipinski definition) is 8. The number of hydrogen-bond donors (Lipinski definition) is 1. The molecule has 0 aliphatic carbocycles. The van der Waals surface area contributed by atoms with Gasteiger partial charge in [-0.25, -0.2) is 11.4 Å². The number of piperazine rings is 1. The number of carbonyl (C=O) groups excluding carboxylic acids is 1. The lowest BCUT2D eigenvalue weighted by molar-refractivity contribution is 0.0788. The molecule has 0 saturated carbocycles. The number of anilines is 1. The van der Waals surface area contributed by atoms with Crippen LogP contribution in [0.4, 0.5) is 10.6 Å². The van der Waals surface area contributed by atoms with Gasteiger partial charge in [0.1, 0.15) is 25.1 Å². The first-order valence-electron chi connectivity index (χ1n) is 13.6. The second-order valence-corrected chi connectivity index (χ2v) is 10.3. The summed E-state index contributed by atoms with van der Waals surface area (Å²) in [5.74, 6) is 0.876. The van der Waals surface area contributed by atoms with E-state index in [1.807, 2.05) is 30.3 Å². The molecule has 0 spiro atoms. The first kappa shape index (κ1) is 26.2. The number of ether oxygens (including phenoxy) is 2. The van der Waals surface area contributed by atoms with Crippen molar-refractivity contribution < 1.29 is 14.3 Å². The van der Waals surface area contributed by atoms with Gasteiger partial charge in [-0.05, 0) is 51.4 Å². The van der Waals surface area contributed by atoms with Crippen molar-refractivity contribution in [3.63, 3.8) is 0 Å². The quantitative estimate of drug-likeness (QED) is 0.559. The van der Waals surface area contributed by atoms with Gasteiger partial charge < -0.3 is 29.4 Å². The predicted octanol–water partition coefficient (Wildman–Crippen LogP) is 2.73. The average molecular weight is 520 g/mol. The van der Waals surface area contributed by atoms with Crippen LogP contribution in [0.5, 0.6) is 6.01 Å². The van der Waals surface area contributed by atoms with Crippen LogP contribution in [0.2, 0.25) is 0 Å². The molecule has 0 radical (unpaired) electrons. The molecule has 38 heavy (non-hydrogen) atoms. The van der Waals surface area contributed by atoms with E-state index in [1.54, 1.807) is 4.90 Å². The zero-order valence-electron chi connectivity index (χ0n) is 22.1. The first-order valence-corrected chi connectivity index (χ1v) is 13.6. The largest absolute Gasteiger partial charge is 0.462 e. The SMILES string of the molecule is [C-]#[N+]C[C@H]1CN(c2nc(OC[C@@H]3CCCN3C)nc3c2CCCNC3)CCN1C(=O)OCc1ccccc1. The van der Waals surface area contributed by atoms with Gasteiger partial charge in [0.15, 0.2) is 0 Å². The Kier molecular flexibility index (Phi) is 8.56. The summed E-state index contributed by atoms with van der Waals surface area (Å²) in [4.78, 5) is 32.6. The molecule has 1 aromatic heterocycles. The Morgan fingerprint density at radius 1 is 1.16 bits per heavy atom. The van der Waals surface area contributed by atoms with Crippen LogP contribution in [-0.2, 0) is 24.3 Å². The standard InChI is InChI=1S/C28H37N7O3/c1-29-16-23-18-34(14-15-35(23)28(36)38-19-21-8-4-3-5-9-21)26-24-11-6-12-30-17-25(24)31-27(32-26)37-20-22-10-7-13-33(22)2/h3-5,8-9,22-23,30H,6-7,10-20H2,2H3/t22-,23-/m0/s1. The number of likely N-dealkylation sites (tertiary alicyclic amines) is 1. The Morgan fingerprint density at radius 2 is 2.03 bits per heavy atom. The number of benzene rings is 1. The van der Waals surface area contributed by atoms with Crippen LogP contribution >= 0.6 is 0 Å². The molecule has 202 valence electrons. The molecule has 1 amide bonds. The highest BCUT2D eigenvalue weighted by atomic mass is 16.6. The fourth-order valence-electron chi connectivity index (χ4n) is 5.53. The lowest BCUT2D eigenvalue weighted by Crippen LogP contribution is -2.56. The molecule has 2 saturated heterocycles. The van der Waals surface area contributed by atoms with E-state index in [0.717, 1.165) is 55.0 Å². The Hall–Kier alpha value is -3.42. The molecule has 3 aliphatic heterocycles. The van der Waals surface area contributed by atoms with Crippen molar-refractivity contribution in [3.8, 4) is 6.01 Å².